The van der Waals surface area contributed by atoms with Crippen LogP contribution in [0.3, 0.4) is 0 Å². The maximum atomic E-state index is 13.7. The summed E-state index contributed by atoms with van der Waals surface area (Å²) in [5.41, 5.74) is -0.582. The molecule has 1 unspecified atom stereocenters. The van der Waals surface area contributed by atoms with Crippen LogP contribution in [0.15, 0.2) is 49.1 Å². The molecule has 0 fully saturated rings. The van der Waals surface area contributed by atoms with E-state index in [1.54, 1.807) is 36.7 Å². The number of hydrogen-bond acceptors (Lipinski definition) is 5. The van der Waals surface area contributed by atoms with Crippen molar-refractivity contribution in [1.82, 2.24) is 19.5 Å². The zero-order valence-corrected chi connectivity index (χ0v) is 19.5. The van der Waals surface area contributed by atoms with Crippen LogP contribution in [0.4, 0.5) is 8.78 Å². The van der Waals surface area contributed by atoms with Crippen LogP contribution in [0.5, 0.6) is 5.75 Å². The second kappa shape index (κ2) is 8.52. The number of aromatic nitrogens is 4. The lowest BCUT2D eigenvalue weighted by atomic mass is 9.83. The van der Waals surface area contributed by atoms with Gasteiger partial charge in [0.15, 0.2) is 16.5 Å². The number of fused-ring (bicyclic) bond motifs is 1. The van der Waals surface area contributed by atoms with Gasteiger partial charge in [0, 0.05) is 31.1 Å². The van der Waals surface area contributed by atoms with Crippen LogP contribution in [0, 0.1) is 0 Å². The van der Waals surface area contributed by atoms with E-state index in [0.717, 1.165) is 6.92 Å². The molecule has 3 aromatic heterocycles. The van der Waals surface area contributed by atoms with Crippen LogP contribution >= 0.6 is 23.2 Å². The molecule has 6 nitrogen and oxygen atoms in total. The predicted octanol–water partition coefficient (Wildman–Crippen LogP) is 5.46. The first-order valence-corrected chi connectivity index (χ1v) is 10.8. The van der Waals surface area contributed by atoms with Gasteiger partial charge in [-0.1, -0.05) is 35.3 Å². The first-order chi connectivity index (χ1) is 15.6. The average molecular weight is 493 g/mol. The lowest BCUT2D eigenvalue weighted by Crippen LogP contribution is -2.31. The zero-order chi connectivity index (χ0) is 24.0. The Hall–Kier alpha value is -2.81. The number of nitrogens with zero attached hydrogens (tertiary/aromatic N) is 4. The SMILES string of the molecule is CCOc1c(Cl)nc2ccc(C(O)(c3ccc(C(C)(F)F)nc3)c3cncn3C)cc2c1Cl. The number of aliphatic hydroxyl groups is 1. The molecule has 1 aromatic carbocycles. The van der Waals surface area contributed by atoms with Crippen LogP contribution < -0.4 is 4.74 Å². The van der Waals surface area contributed by atoms with Gasteiger partial charge < -0.3 is 14.4 Å². The lowest BCUT2D eigenvalue weighted by molar-refractivity contribution is 0.0125. The van der Waals surface area contributed by atoms with Gasteiger partial charge in [-0.3, -0.25) is 4.98 Å². The minimum Gasteiger partial charge on any atom is -0.489 e. The number of aryl methyl sites for hydroxylation is 1. The summed E-state index contributed by atoms with van der Waals surface area (Å²) in [5, 5.41) is 12.9. The van der Waals surface area contributed by atoms with Gasteiger partial charge in [0.2, 0.25) is 0 Å². The van der Waals surface area contributed by atoms with Gasteiger partial charge in [0.25, 0.3) is 5.92 Å². The summed E-state index contributed by atoms with van der Waals surface area (Å²) in [7, 11) is 1.72. The number of halogens is 4. The number of benzene rings is 1. The first-order valence-electron chi connectivity index (χ1n) is 10.0. The Labute approximate surface area is 198 Å². The predicted molar refractivity (Wildman–Crippen MR) is 122 cm³/mol. The average Bonchev–Trinajstić information content (AvgIpc) is 3.22. The van der Waals surface area contributed by atoms with Crippen LogP contribution in [-0.2, 0) is 18.6 Å². The highest BCUT2D eigenvalue weighted by atomic mass is 35.5. The summed E-state index contributed by atoms with van der Waals surface area (Å²) < 4.78 is 34.6. The van der Waals surface area contributed by atoms with Crippen molar-refractivity contribution in [3.63, 3.8) is 0 Å². The van der Waals surface area contributed by atoms with Crippen molar-refractivity contribution in [2.45, 2.75) is 25.4 Å². The molecule has 1 N–H and O–H groups in total. The van der Waals surface area contributed by atoms with Gasteiger partial charge in [-0.2, -0.15) is 8.78 Å². The van der Waals surface area contributed by atoms with E-state index < -0.39 is 17.2 Å². The summed E-state index contributed by atoms with van der Waals surface area (Å²) in [6.07, 6.45) is 4.27. The van der Waals surface area contributed by atoms with Crippen LogP contribution in [0.1, 0.15) is 36.4 Å². The van der Waals surface area contributed by atoms with Gasteiger partial charge in [-0.15, -0.1) is 0 Å². The van der Waals surface area contributed by atoms with Crippen molar-refractivity contribution in [3.8, 4) is 5.75 Å². The topological polar surface area (TPSA) is 73.1 Å². The number of pyridine rings is 2. The highest BCUT2D eigenvalue weighted by Crippen LogP contribution is 2.42. The van der Waals surface area contributed by atoms with Gasteiger partial charge in [0.05, 0.1) is 35.4 Å². The summed E-state index contributed by atoms with van der Waals surface area (Å²) in [4.78, 5) is 12.3. The molecule has 3 heterocycles. The molecule has 0 aliphatic heterocycles. The highest BCUT2D eigenvalue weighted by molar-refractivity contribution is 6.40. The molecule has 0 spiro atoms. The fourth-order valence-electron chi connectivity index (χ4n) is 3.71. The van der Waals surface area contributed by atoms with Crippen LogP contribution in [0.25, 0.3) is 10.9 Å². The molecule has 0 amide bonds. The second-order valence-electron chi connectivity index (χ2n) is 7.63. The van der Waals surface area contributed by atoms with Crippen molar-refractivity contribution in [1.29, 1.82) is 0 Å². The molecule has 0 aliphatic carbocycles. The molecule has 10 heteroatoms. The quantitative estimate of drug-likeness (QED) is 0.361. The zero-order valence-electron chi connectivity index (χ0n) is 18.0. The smallest absolute Gasteiger partial charge is 0.286 e. The fourth-order valence-corrected chi connectivity index (χ4v) is 4.29. The summed E-state index contributed by atoms with van der Waals surface area (Å²) >= 11 is 12.8. The third-order valence-corrected chi connectivity index (χ3v) is 5.99. The third-order valence-electron chi connectivity index (χ3n) is 5.36. The van der Waals surface area contributed by atoms with E-state index in [4.69, 9.17) is 27.9 Å². The number of ether oxygens (including phenoxy) is 1. The van der Waals surface area contributed by atoms with E-state index in [0.29, 0.717) is 28.8 Å². The van der Waals surface area contributed by atoms with E-state index in [9.17, 15) is 13.9 Å². The molecule has 0 bridgehead atoms. The minimum atomic E-state index is -3.11. The molecule has 172 valence electrons. The largest absolute Gasteiger partial charge is 0.489 e. The Kier molecular flexibility index (Phi) is 6.03. The summed E-state index contributed by atoms with van der Waals surface area (Å²) in [6, 6.07) is 7.61. The molecule has 4 rings (SSSR count). The molecule has 0 aliphatic rings. The van der Waals surface area contributed by atoms with Crippen molar-refractivity contribution >= 4 is 34.1 Å². The summed E-state index contributed by atoms with van der Waals surface area (Å²) in [5.74, 6) is -2.87. The van der Waals surface area contributed by atoms with Crippen molar-refractivity contribution in [3.05, 3.63) is 81.7 Å². The van der Waals surface area contributed by atoms with Gasteiger partial charge in [-0.25, -0.2) is 9.97 Å². The van der Waals surface area contributed by atoms with E-state index in [2.05, 4.69) is 15.0 Å². The molecule has 33 heavy (non-hydrogen) atoms. The normalized spacial score (nSPS) is 13.8. The van der Waals surface area contributed by atoms with Gasteiger partial charge in [-0.05, 0) is 30.7 Å². The maximum Gasteiger partial charge on any atom is 0.286 e. The highest BCUT2D eigenvalue weighted by Gasteiger charge is 2.38. The van der Waals surface area contributed by atoms with E-state index >= 15 is 0 Å². The molecule has 4 aromatic rings. The van der Waals surface area contributed by atoms with Crippen LogP contribution in [-0.4, -0.2) is 31.2 Å². The monoisotopic (exact) mass is 492 g/mol. The standard InChI is InChI=1S/C23H20Cl2F2N4O2/c1-4-33-20-19(24)15-9-13(5-7-16(15)30-21(20)25)23(32,18-11-28-12-31(18)3)14-6-8-17(29-10-14)22(2,26)27/h5-12,32H,4H2,1-3H3. The number of hydrogen-bond donors (Lipinski definition) is 1. The van der Waals surface area contributed by atoms with Crippen molar-refractivity contribution in [2.75, 3.05) is 6.61 Å². The Morgan fingerprint density at radius 2 is 1.85 bits per heavy atom. The maximum absolute atomic E-state index is 13.7. The Balaban J connectivity index is 1.96. The van der Waals surface area contributed by atoms with Crippen LogP contribution in [0.2, 0.25) is 10.2 Å². The van der Waals surface area contributed by atoms with Gasteiger partial charge in [0.1, 0.15) is 5.69 Å². The number of imidazole rings is 1. The third kappa shape index (κ3) is 4.03. The van der Waals surface area contributed by atoms with E-state index in [1.165, 1.54) is 30.9 Å². The molecular formula is C23H20Cl2F2N4O2. The Morgan fingerprint density at radius 1 is 1.12 bits per heavy atom. The molecule has 0 saturated carbocycles. The van der Waals surface area contributed by atoms with Crippen molar-refractivity contribution < 1.29 is 18.6 Å². The fraction of sp³-hybridized carbons (Fsp3) is 0.261. The number of rotatable bonds is 6. The summed E-state index contributed by atoms with van der Waals surface area (Å²) in [6.45, 7) is 2.90. The first kappa shape index (κ1) is 23.4. The second-order valence-corrected chi connectivity index (χ2v) is 8.37. The van der Waals surface area contributed by atoms with Crippen molar-refractivity contribution in [2.24, 2.45) is 7.05 Å². The molecule has 1 atom stereocenters. The minimum absolute atomic E-state index is 0.129. The number of alkyl halides is 2. The molecular weight excluding hydrogens is 473 g/mol. The molecule has 0 radical (unpaired) electrons. The van der Waals surface area contributed by atoms with E-state index in [-0.39, 0.29) is 21.5 Å². The Bertz CT molecular complexity index is 1320. The lowest BCUT2D eigenvalue weighted by Gasteiger charge is -2.30. The van der Waals surface area contributed by atoms with E-state index in [1.807, 2.05) is 0 Å². The van der Waals surface area contributed by atoms with Gasteiger partial charge >= 0.3 is 0 Å². The molecule has 0 saturated heterocycles. The Morgan fingerprint density at radius 3 is 2.42 bits per heavy atom.